The highest BCUT2D eigenvalue weighted by Crippen LogP contribution is 2.25. The van der Waals surface area contributed by atoms with Crippen LogP contribution in [0.25, 0.3) is 5.52 Å². The summed E-state index contributed by atoms with van der Waals surface area (Å²) in [6.07, 6.45) is -3.52. The first kappa shape index (κ1) is 20.7. The molecule has 1 aliphatic heterocycles. The lowest BCUT2D eigenvalue weighted by atomic mass is 10.1. The van der Waals surface area contributed by atoms with Crippen molar-refractivity contribution < 1.29 is 24.5 Å². The number of esters is 1. The molecule has 8 nitrogen and oxygen atoms in total. The molecule has 0 amide bonds. The van der Waals surface area contributed by atoms with Crippen molar-refractivity contribution in [2.75, 3.05) is 6.61 Å². The third-order valence-electron chi connectivity index (χ3n) is 5.16. The number of aliphatic hydroxyl groups excluding tert-OH is 2. The first-order chi connectivity index (χ1) is 14.4. The molecule has 3 heterocycles. The molecule has 1 aliphatic rings. The van der Waals surface area contributed by atoms with Gasteiger partial charge in [0.1, 0.15) is 35.9 Å². The average molecular weight is 432 g/mol. The first-order valence-electron chi connectivity index (χ1n) is 9.64. The second kappa shape index (κ2) is 8.69. The van der Waals surface area contributed by atoms with Gasteiger partial charge in [0, 0.05) is 6.42 Å². The lowest BCUT2D eigenvalue weighted by Crippen LogP contribution is -2.35. The summed E-state index contributed by atoms with van der Waals surface area (Å²) in [5.74, 6) is 0.131. The SMILES string of the molecule is Cc1nc(C[C@@H]2O[C@H](COC(=O)Cc3ccccc3)[C@@H](O)[C@H]2O)n2nc(Cl)ccc12. The zero-order valence-electron chi connectivity index (χ0n) is 16.3. The van der Waals surface area contributed by atoms with Gasteiger partial charge in [-0.25, -0.2) is 9.50 Å². The number of halogens is 1. The monoisotopic (exact) mass is 431 g/mol. The normalized spacial score (nSPS) is 23.7. The molecule has 9 heteroatoms. The van der Waals surface area contributed by atoms with E-state index in [4.69, 9.17) is 21.1 Å². The Hall–Kier alpha value is -2.52. The molecule has 2 aromatic heterocycles. The minimum Gasteiger partial charge on any atom is -0.463 e. The number of imidazole rings is 1. The van der Waals surface area contributed by atoms with E-state index in [9.17, 15) is 15.0 Å². The number of fused-ring (bicyclic) bond motifs is 1. The van der Waals surface area contributed by atoms with Gasteiger partial charge in [-0.15, -0.1) is 0 Å². The standard InChI is InChI=1S/C21H22ClN3O5/c1-12-14-7-8-17(22)24-25(14)18(23-12)10-15-20(27)21(28)16(30-15)11-29-19(26)9-13-5-3-2-4-6-13/h2-8,15-16,20-21,27-28H,9-11H2,1H3/t15-,16+,20-,21+/m0/s1. The number of aryl methyl sites for hydroxylation is 1. The Kier molecular flexibility index (Phi) is 6.01. The summed E-state index contributed by atoms with van der Waals surface area (Å²) in [4.78, 5) is 16.5. The summed E-state index contributed by atoms with van der Waals surface area (Å²) in [6.45, 7) is 1.70. The second-order valence-corrected chi connectivity index (χ2v) is 7.70. The minimum atomic E-state index is -1.18. The largest absolute Gasteiger partial charge is 0.463 e. The summed E-state index contributed by atoms with van der Waals surface area (Å²) < 4.78 is 12.6. The quantitative estimate of drug-likeness (QED) is 0.570. The fourth-order valence-corrected chi connectivity index (χ4v) is 3.74. The molecule has 3 aromatic rings. The lowest BCUT2D eigenvalue weighted by molar-refractivity contribution is -0.148. The van der Waals surface area contributed by atoms with Gasteiger partial charge >= 0.3 is 5.97 Å². The molecule has 1 aromatic carbocycles. The van der Waals surface area contributed by atoms with Crippen molar-refractivity contribution in [3.8, 4) is 0 Å². The molecule has 0 aliphatic carbocycles. The maximum atomic E-state index is 12.1. The maximum absolute atomic E-state index is 12.1. The van der Waals surface area contributed by atoms with Crippen molar-refractivity contribution >= 4 is 23.1 Å². The molecule has 2 N–H and O–H groups in total. The summed E-state index contributed by atoms with van der Waals surface area (Å²) in [6, 6.07) is 12.7. The van der Waals surface area contributed by atoms with Crippen molar-refractivity contribution in [2.45, 2.75) is 44.2 Å². The first-order valence-corrected chi connectivity index (χ1v) is 10.0. The van der Waals surface area contributed by atoms with Crippen LogP contribution in [0, 0.1) is 6.92 Å². The zero-order chi connectivity index (χ0) is 21.3. The molecule has 0 saturated carbocycles. The molecule has 0 spiro atoms. The Balaban J connectivity index is 1.39. The molecule has 0 unspecified atom stereocenters. The van der Waals surface area contributed by atoms with Crippen molar-refractivity contribution in [3.63, 3.8) is 0 Å². The molecular weight excluding hydrogens is 410 g/mol. The number of hydrogen-bond acceptors (Lipinski definition) is 7. The maximum Gasteiger partial charge on any atom is 0.310 e. The number of rotatable bonds is 6. The number of benzene rings is 1. The predicted octanol–water partition coefficient (Wildman–Crippen LogP) is 1.51. The second-order valence-electron chi connectivity index (χ2n) is 7.31. The Bertz CT molecular complexity index is 1040. The average Bonchev–Trinajstić information content (AvgIpc) is 3.18. The smallest absolute Gasteiger partial charge is 0.310 e. The molecule has 4 rings (SSSR count). The summed E-state index contributed by atoms with van der Waals surface area (Å²) >= 11 is 5.99. The van der Waals surface area contributed by atoms with E-state index in [1.807, 2.05) is 43.3 Å². The number of carbonyl (C=O) groups is 1. The van der Waals surface area contributed by atoms with Gasteiger partial charge in [0.2, 0.25) is 0 Å². The Morgan fingerprint density at radius 3 is 2.67 bits per heavy atom. The molecular formula is C21H22ClN3O5. The van der Waals surface area contributed by atoms with Gasteiger partial charge in [-0.05, 0) is 24.6 Å². The van der Waals surface area contributed by atoms with Crippen molar-refractivity contribution in [1.29, 1.82) is 0 Å². The number of aliphatic hydroxyl groups is 2. The van der Waals surface area contributed by atoms with Gasteiger partial charge in [0.25, 0.3) is 0 Å². The van der Waals surface area contributed by atoms with Crippen molar-refractivity contribution in [1.82, 2.24) is 14.6 Å². The highest BCUT2D eigenvalue weighted by atomic mass is 35.5. The van der Waals surface area contributed by atoms with E-state index in [2.05, 4.69) is 10.1 Å². The Morgan fingerprint density at radius 1 is 1.17 bits per heavy atom. The topological polar surface area (TPSA) is 106 Å². The fraction of sp³-hybridized carbons (Fsp3) is 0.381. The molecule has 30 heavy (non-hydrogen) atoms. The van der Waals surface area contributed by atoms with E-state index in [1.165, 1.54) is 0 Å². The van der Waals surface area contributed by atoms with Gasteiger partial charge < -0.3 is 19.7 Å². The van der Waals surface area contributed by atoms with Crippen LogP contribution in [0.15, 0.2) is 42.5 Å². The third kappa shape index (κ3) is 4.32. The van der Waals surface area contributed by atoms with Crippen LogP contribution in [0.1, 0.15) is 17.1 Å². The van der Waals surface area contributed by atoms with Gasteiger partial charge in [-0.1, -0.05) is 41.9 Å². The van der Waals surface area contributed by atoms with E-state index in [-0.39, 0.29) is 19.4 Å². The minimum absolute atomic E-state index is 0.126. The van der Waals surface area contributed by atoms with Gasteiger partial charge in [0.15, 0.2) is 0 Å². The van der Waals surface area contributed by atoms with Crippen molar-refractivity contribution in [2.24, 2.45) is 0 Å². The lowest BCUT2D eigenvalue weighted by Gasteiger charge is -2.14. The van der Waals surface area contributed by atoms with E-state index >= 15 is 0 Å². The van der Waals surface area contributed by atoms with Crippen LogP contribution in [0.4, 0.5) is 0 Å². The Morgan fingerprint density at radius 2 is 1.90 bits per heavy atom. The summed E-state index contributed by atoms with van der Waals surface area (Å²) in [5.41, 5.74) is 2.41. The van der Waals surface area contributed by atoms with Crippen LogP contribution >= 0.6 is 11.6 Å². The van der Waals surface area contributed by atoms with Crippen molar-refractivity contribution in [3.05, 3.63) is 64.7 Å². The molecule has 1 fully saturated rings. The van der Waals surface area contributed by atoms with Crippen LogP contribution in [0.3, 0.4) is 0 Å². The van der Waals surface area contributed by atoms with E-state index in [0.717, 1.165) is 16.8 Å². The van der Waals surface area contributed by atoms with Crippen LogP contribution in [0.2, 0.25) is 5.15 Å². The van der Waals surface area contributed by atoms with Crippen LogP contribution in [-0.2, 0) is 27.1 Å². The number of hydrogen-bond donors (Lipinski definition) is 2. The molecule has 0 radical (unpaired) electrons. The number of ether oxygens (including phenoxy) is 2. The van der Waals surface area contributed by atoms with Crippen LogP contribution in [-0.4, -0.2) is 61.8 Å². The predicted molar refractivity (Wildman–Crippen MR) is 108 cm³/mol. The Labute approximate surface area is 178 Å². The van der Waals surface area contributed by atoms with E-state index in [1.54, 1.807) is 10.6 Å². The number of nitrogens with zero attached hydrogens (tertiary/aromatic N) is 3. The van der Waals surface area contributed by atoms with Crippen LogP contribution in [0.5, 0.6) is 0 Å². The number of aromatic nitrogens is 3. The summed E-state index contributed by atoms with van der Waals surface area (Å²) in [5, 5.41) is 25.3. The molecule has 0 bridgehead atoms. The van der Waals surface area contributed by atoms with Gasteiger partial charge in [-0.2, -0.15) is 5.10 Å². The van der Waals surface area contributed by atoms with Gasteiger partial charge in [-0.3, -0.25) is 4.79 Å². The molecule has 4 atom stereocenters. The highest BCUT2D eigenvalue weighted by molar-refractivity contribution is 6.29. The highest BCUT2D eigenvalue weighted by Gasteiger charge is 2.43. The van der Waals surface area contributed by atoms with Crippen LogP contribution < -0.4 is 0 Å². The summed E-state index contributed by atoms with van der Waals surface area (Å²) in [7, 11) is 0. The molecule has 1 saturated heterocycles. The van der Waals surface area contributed by atoms with Gasteiger partial charge in [0.05, 0.1) is 23.7 Å². The third-order valence-corrected chi connectivity index (χ3v) is 5.36. The molecule has 158 valence electrons. The van der Waals surface area contributed by atoms with E-state index in [0.29, 0.717) is 11.0 Å². The van der Waals surface area contributed by atoms with E-state index < -0.39 is 30.4 Å². The number of carbonyl (C=O) groups excluding carboxylic acids is 1. The zero-order valence-corrected chi connectivity index (χ0v) is 17.1. The fourth-order valence-electron chi connectivity index (χ4n) is 3.60.